The van der Waals surface area contributed by atoms with E-state index in [0.29, 0.717) is 18.0 Å². The maximum Gasteiger partial charge on any atom is 0.258 e. The summed E-state index contributed by atoms with van der Waals surface area (Å²) in [6.45, 7) is 3.33. The topological polar surface area (TPSA) is 65.8 Å². The van der Waals surface area contributed by atoms with Crippen molar-refractivity contribution in [2.75, 3.05) is 27.2 Å². The molecule has 2 aliphatic heterocycles. The fourth-order valence-corrected chi connectivity index (χ4v) is 5.87. The number of amides is 1. The number of carbonyl (C=O) groups excluding carboxylic acids is 1. The van der Waals surface area contributed by atoms with Gasteiger partial charge in [-0.05, 0) is 37.8 Å². The number of carbonyl (C=O) groups is 1. The Balaban J connectivity index is 1.77. The molecule has 0 spiro atoms. The summed E-state index contributed by atoms with van der Waals surface area (Å²) in [4.78, 5) is 30.1. The molecule has 4 rings (SSSR count). The van der Waals surface area contributed by atoms with Crippen LogP contribution in [-0.4, -0.2) is 58.7 Å². The first kappa shape index (κ1) is 20.4. The van der Waals surface area contributed by atoms with Gasteiger partial charge in [0.15, 0.2) is 0 Å². The molecule has 1 amide bonds. The maximum atomic E-state index is 13.1. The van der Waals surface area contributed by atoms with Crippen LogP contribution >= 0.6 is 0 Å². The molecule has 158 valence electrons. The number of aliphatic hydroxyl groups excluding tert-OH is 1. The van der Waals surface area contributed by atoms with Gasteiger partial charge in [-0.25, -0.2) is 0 Å². The van der Waals surface area contributed by atoms with Crippen LogP contribution in [0.1, 0.15) is 49.9 Å². The number of likely N-dealkylation sites (tertiary alicyclic amines) is 1. The molecule has 2 fully saturated rings. The molecule has 29 heavy (non-hydrogen) atoms. The van der Waals surface area contributed by atoms with E-state index in [0.717, 1.165) is 12.2 Å². The van der Waals surface area contributed by atoms with Gasteiger partial charge in [-0.3, -0.25) is 14.5 Å². The Morgan fingerprint density at radius 1 is 1.28 bits per heavy atom. The monoisotopic (exact) mass is 399 g/mol. The molecule has 3 heterocycles. The molecule has 1 saturated heterocycles. The van der Waals surface area contributed by atoms with Crippen molar-refractivity contribution in [2.24, 2.45) is 17.8 Å². The molecule has 0 aromatic carbocycles. The molecule has 0 unspecified atom stereocenters. The molecular formula is C23H33N3O3. The third-order valence-corrected chi connectivity index (χ3v) is 7.20. The Hall–Kier alpha value is -1.92. The predicted molar refractivity (Wildman–Crippen MR) is 113 cm³/mol. The van der Waals surface area contributed by atoms with Gasteiger partial charge in [0, 0.05) is 56.9 Å². The van der Waals surface area contributed by atoms with Gasteiger partial charge in [-0.2, -0.15) is 0 Å². The number of nitrogens with zero attached hydrogens (tertiary/aromatic N) is 3. The number of fused-ring (bicyclic) bond motifs is 3. The predicted octanol–water partition coefficient (Wildman–Crippen LogP) is 2.12. The van der Waals surface area contributed by atoms with Crippen LogP contribution in [0.5, 0.6) is 0 Å². The third kappa shape index (κ3) is 3.36. The number of aromatic nitrogens is 1. The summed E-state index contributed by atoms with van der Waals surface area (Å²) in [6, 6.07) is 3.66. The molecule has 0 radical (unpaired) electrons. The van der Waals surface area contributed by atoms with Crippen LogP contribution < -0.4 is 5.56 Å². The van der Waals surface area contributed by atoms with Gasteiger partial charge in [-0.1, -0.05) is 25.0 Å². The summed E-state index contributed by atoms with van der Waals surface area (Å²) >= 11 is 0. The minimum absolute atomic E-state index is 0.0222. The largest absolute Gasteiger partial charge is 0.396 e. The van der Waals surface area contributed by atoms with E-state index in [4.69, 9.17) is 0 Å². The number of likely N-dealkylation sites (N-methyl/N-ethyl adjacent to an activating group) is 1. The molecule has 1 aromatic rings. The van der Waals surface area contributed by atoms with E-state index in [1.807, 2.05) is 29.7 Å². The average Bonchev–Trinajstić information content (AvgIpc) is 3.40. The molecule has 1 aromatic heterocycles. The van der Waals surface area contributed by atoms with Crippen molar-refractivity contribution in [3.63, 3.8) is 0 Å². The Morgan fingerprint density at radius 2 is 2.00 bits per heavy atom. The SMILES string of the molecule is C/C=C\c1ccc2n(c1=O)C[C@H]1[C@H](CO)[C@@H](C(=O)N(C)C)N(CC3CCCC3)[C@@H]21. The van der Waals surface area contributed by atoms with Crippen LogP contribution in [-0.2, 0) is 11.3 Å². The fourth-order valence-electron chi connectivity index (χ4n) is 5.87. The van der Waals surface area contributed by atoms with E-state index in [-0.39, 0.29) is 42.0 Å². The van der Waals surface area contributed by atoms with Crippen LogP contribution in [0.15, 0.2) is 23.0 Å². The standard InChI is InChI=1S/C23H33N3O3/c1-4-7-16-10-11-19-20-17(13-25(19)22(16)28)18(14-27)21(23(29)24(2)3)26(20)12-15-8-5-6-9-15/h4,7,10-11,15,17-18,20-21,27H,5-6,8-9,12-14H2,1-3H3/b7-4-/t17-,18-,20+,21-/m0/s1. The number of allylic oxidation sites excluding steroid dienone is 1. The van der Waals surface area contributed by atoms with Crippen LogP contribution in [0.2, 0.25) is 0 Å². The summed E-state index contributed by atoms with van der Waals surface area (Å²) in [5.41, 5.74) is 1.72. The van der Waals surface area contributed by atoms with Crippen molar-refractivity contribution in [1.29, 1.82) is 0 Å². The normalized spacial score (nSPS) is 29.5. The highest BCUT2D eigenvalue weighted by atomic mass is 16.3. The minimum Gasteiger partial charge on any atom is -0.396 e. The second kappa shape index (κ2) is 8.07. The molecule has 3 aliphatic rings. The van der Waals surface area contributed by atoms with Gasteiger partial charge in [0.05, 0.1) is 12.1 Å². The number of hydrogen-bond acceptors (Lipinski definition) is 4. The highest BCUT2D eigenvalue weighted by Gasteiger charge is 2.56. The molecule has 4 atom stereocenters. The van der Waals surface area contributed by atoms with E-state index in [2.05, 4.69) is 11.0 Å². The number of rotatable bonds is 5. The zero-order valence-electron chi connectivity index (χ0n) is 17.8. The highest BCUT2D eigenvalue weighted by Crippen LogP contribution is 2.50. The van der Waals surface area contributed by atoms with Crippen molar-refractivity contribution in [3.8, 4) is 0 Å². The quantitative estimate of drug-likeness (QED) is 0.824. The maximum absolute atomic E-state index is 13.1. The highest BCUT2D eigenvalue weighted by molar-refractivity contribution is 5.82. The molecule has 1 N–H and O–H groups in total. The summed E-state index contributed by atoms with van der Waals surface area (Å²) < 4.78 is 1.88. The van der Waals surface area contributed by atoms with Crippen molar-refractivity contribution in [2.45, 2.75) is 51.2 Å². The van der Waals surface area contributed by atoms with E-state index < -0.39 is 0 Å². The Labute approximate surface area is 172 Å². The van der Waals surface area contributed by atoms with Crippen LogP contribution in [0.25, 0.3) is 6.08 Å². The van der Waals surface area contributed by atoms with E-state index in [9.17, 15) is 14.7 Å². The van der Waals surface area contributed by atoms with E-state index >= 15 is 0 Å². The Kier molecular flexibility index (Phi) is 5.67. The van der Waals surface area contributed by atoms with Gasteiger partial charge in [0.2, 0.25) is 5.91 Å². The lowest BCUT2D eigenvalue weighted by Crippen LogP contribution is -2.49. The number of pyridine rings is 1. The van der Waals surface area contributed by atoms with Gasteiger partial charge in [0.25, 0.3) is 5.56 Å². The second-order valence-corrected chi connectivity index (χ2v) is 9.11. The van der Waals surface area contributed by atoms with E-state index in [1.165, 1.54) is 25.7 Å². The van der Waals surface area contributed by atoms with Gasteiger partial charge in [-0.15, -0.1) is 0 Å². The Bertz CT molecular complexity index is 853. The first-order chi connectivity index (χ1) is 14.0. The molecule has 1 aliphatic carbocycles. The summed E-state index contributed by atoms with van der Waals surface area (Å²) in [5.74, 6) is 0.592. The van der Waals surface area contributed by atoms with Crippen molar-refractivity contribution in [3.05, 3.63) is 39.8 Å². The van der Waals surface area contributed by atoms with Gasteiger partial charge in [0.1, 0.15) is 0 Å². The first-order valence-corrected chi connectivity index (χ1v) is 10.9. The molecule has 6 heteroatoms. The summed E-state index contributed by atoms with van der Waals surface area (Å²) in [6.07, 6.45) is 8.65. The fraction of sp³-hybridized carbons (Fsp3) is 0.652. The lowest BCUT2D eigenvalue weighted by Gasteiger charge is -2.34. The molecule has 6 nitrogen and oxygen atoms in total. The lowest BCUT2D eigenvalue weighted by atomic mass is 9.88. The van der Waals surface area contributed by atoms with Gasteiger partial charge < -0.3 is 14.6 Å². The van der Waals surface area contributed by atoms with Gasteiger partial charge >= 0.3 is 0 Å². The third-order valence-electron chi connectivity index (χ3n) is 7.20. The van der Waals surface area contributed by atoms with E-state index in [1.54, 1.807) is 19.0 Å². The zero-order valence-corrected chi connectivity index (χ0v) is 17.8. The number of aliphatic hydroxyl groups is 1. The number of hydrogen-bond donors (Lipinski definition) is 1. The minimum atomic E-state index is -0.315. The molecule has 0 bridgehead atoms. The van der Waals surface area contributed by atoms with Crippen molar-refractivity contribution >= 4 is 12.0 Å². The smallest absolute Gasteiger partial charge is 0.258 e. The first-order valence-electron chi connectivity index (χ1n) is 10.9. The summed E-state index contributed by atoms with van der Waals surface area (Å²) in [7, 11) is 3.58. The van der Waals surface area contributed by atoms with Crippen LogP contribution in [0.3, 0.4) is 0 Å². The molecular weight excluding hydrogens is 366 g/mol. The summed E-state index contributed by atoms with van der Waals surface area (Å²) in [5, 5.41) is 10.3. The lowest BCUT2D eigenvalue weighted by molar-refractivity contribution is -0.136. The van der Waals surface area contributed by atoms with Crippen LogP contribution in [0, 0.1) is 17.8 Å². The zero-order chi connectivity index (χ0) is 20.7. The van der Waals surface area contributed by atoms with Crippen molar-refractivity contribution < 1.29 is 9.90 Å². The second-order valence-electron chi connectivity index (χ2n) is 9.11. The Morgan fingerprint density at radius 3 is 2.62 bits per heavy atom. The van der Waals surface area contributed by atoms with Crippen molar-refractivity contribution in [1.82, 2.24) is 14.4 Å². The average molecular weight is 400 g/mol. The molecule has 1 saturated carbocycles. The van der Waals surface area contributed by atoms with Crippen LogP contribution in [0.4, 0.5) is 0 Å².